The van der Waals surface area contributed by atoms with E-state index >= 15 is 0 Å². The van der Waals surface area contributed by atoms with E-state index in [0.29, 0.717) is 16.0 Å². The van der Waals surface area contributed by atoms with Crippen LogP contribution >= 0.6 is 23.4 Å². The van der Waals surface area contributed by atoms with Crippen molar-refractivity contribution < 1.29 is 4.79 Å². The lowest BCUT2D eigenvalue weighted by molar-refractivity contribution is -0.119. The number of nitrogens with one attached hydrogen (secondary N) is 1. The second kappa shape index (κ2) is 9.68. The highest BCUT2D eigenvalue weighted by Crippen LogP contribution is 2.22. The number of unbranched alkanes of at least 4 members (excludes halogenated alkanes) is 2. The zero-order valence-corrected chi connectivity index (χ0v) is 16.1. The molecule has 0 fully saturated rings. The third-order valence-corrected chi connectivity index (χ3v) is 4.94. The van der Waals surface area contributed by atoms with Crippen molar-refractivity contribution in [2.24, 2.45) is 0 Å². The van der Waals surface area contributed by atoms with Crippen molar-refractivity contribution in [3.05, 3.63) is 29.3 Å². The highest BCUT2D eigenvalue weighted by molar-refractivity contribution is 7.99. The minimum absolute atomic E-state index is 0.0231. The molecule has 2 rings (SSSR count). The van der Waals surface area contributed by atoms with E-state index in [9.17, 15) is 4.79 Å². The van der Waals surface area contributed by atoms with Gasteiger partial charge in [0.15, 0.2) is 5.82 Å². The van der Waals surface area contributed by atoms with Crippen LogP contribution in [0.2, 0.25) is 5.02 Å². The van der Waals surface area contributed by atoms with Gasteiger partial charge in [0.05, 0.1) is 5.75 Å². The summed E-state index contributed by atoms with van der Waals surface area (Å²) in [4.78, 5) is 12.0. The number of hydrogen-bond acceptors (Lipinski definition) is 5. The fraction of sp³-hybridized carbons (Fsp3) is 0.471. The van der Waals surface area contributed by atoms with Gasteiger partial charge in [-0.2, -0.15) is 0 Å². The van der Waals surface area contributed by atoms with Gasteiger partial charge in [0, 0.05) is 16.6 Å². The Balaban J connectivity index is 1.87. The molecule has 0 aliphatic carbocycles. The van der Waals surface area contributed by atoms with Gasteiger partial charge in [-0.15, -0.1) is 10.2 Å². The first-order chi connectivity index (χ1) is 12.0. The van der Waals surface area contributed by atoms with Gasteiger partial charge in [0.2, 0.25) is 11.1 Å². The number of aromatic nitrogens is 3. The maximum Gasteiger partial charge on any atom is 0.230 e. The second-order valence-corrected chi connectivity index (χ2v) is 7.32. The SMILES string of the molecule is CCCCCC(C)NC(=O)CSc1nnc(-c2ccc(Cl)cc2)n1N. The van der Waals surface area contributed by atoms with Gasteiger partial charge in [0.25, 0.3) is 0 Å². The molecule has 8 heteroatoms. The molecule has 2 aromatic rings. The minimum Gasteiger partial charge on any atom is -0.353 e. The van der Waals surface area contributed by atoms with Gasteiger partial charge in [0.1, 0.15) is 0 Å². The van der Waals surface area contributed by atoms with Gasteiger partial charge >= 0.3 is 0 Å². The number of nitrogens with zero attached hydrogens (tertiary/aromatic N) is 3. The Labute approximate surface area is 157 Å². The number of amides is 1. The van der Waals surface area contributed by atoms with E-state index in [-0.39, 0.29) is 17.7 Å². The lowest BCUT2D eigenvalue weighted by Crippen LogP contribution is -2.33. The first-order valence-electron chi connectivity index (χ1n) is 8.39. The third-order valence-electron chi connectivity index (χ3n) is 3.75. The van der Waals surface area contributed by atoms with Crippen LogP contribution in [0, 0.1) is 0 Å². The zero-order chi connectivity index (χ0) is 18.2. The largest absolute Gasteiger partial charge is 0.353 e. The lowest BCUT2D eigenvalue weighted by atomic mass is 10.1. The Kier molecular flexibility index (Phi) is 7.58. The van der Waals surface area contributed by atoms with Crippen molar-refractivity contribution in [1.29, 1.82) is 0 Å². The number of carbonyl (C=O) groups excluding carboxylic acids is 1. The van der Waals surface area contributed by atoms with E-state index in [2.05, 4.69) is 22.4 Å². The average molecular weight is 382 g/mol. The molecule has 25 heavy (non-hydrogen) atoms. The summed E-state index contributed by atoms with van der Waals surface area (Å²) >= 11 is 7.16. The summed E-state index contributed by atoms with van der Waals surface area (Å²) in [5.41, 5.74) is 0.820. The number of thioether (sulfide) groups is 1. The molecular weight excluding hydrogens is 358 g/mol. The quantitative estimate of drug-likeness (QED) is 0.394. The van der Waals surface area contributed by atoms with Crippen molar-refractivity contribution in [1.82, 2.24) is 20.2 Å². The first kappa shape index (κ1) is 19.6. The molecule has 0 radical (unpaired) electrons. The Morgan fingerprint density at radius 1 is 1.32 bits per heavy atom. The number of hydrogen-bond donors (Lipinski definition) is 2. The van der Waals surface area contributed by atoms with Gasteiger partial charge < -0.3 is 11.2 Å². The lowest BCUT2D eigenvalue weighted by Gasteiger charge is -2.13. The summed E-state index contributed by atoms with van der Waals surface area (Å²) in [6.45, 7) is 4.20. The normalized spacial score (nSPS) is 12.1. The van der Waals surface area contributed by atoms with Crippen LogP contribution in [0.1, 0.15) is 39.5 Å². The van der Waals surface area contributed by atoms with Crippen molar-refractivity contribution in [2.75, 3.05) is 11.6 Å². The predicted octanol–water partition coefficient (Wildman–Crippen LogP) is 3.49. The number of halogens is 1. The molecule has 0 bridgehead atoms. The number of carbonyl (C=O) groups is 1. The van der Waals surface area contributed by atoms with E-state index in [1.54, 1.807) is 12.1 Å². The number of nitrogen functional groups attached to an aromatic ring is 1. The standard InChI is InChI=1S/C17H24ClN5OS/c1-3-4-5-6-12(2)20-15(24)11-25-17-22-21-16(23(17)19)13-7-9-14(18)10-8-13/h7-10,12H,3-6,11,19H2,1-2H3,(H,20,24). The van der Waals surface area contributed by atoms with Crippen LogP contribution in [-0.4, -0.2) is 32.6 Å². The van der Waals surface area contributed by atoms with Crippen LogP contribution in [0.15, 0.2) is 29.4 Å². The molecule has 0 saturated carbocycles. The summed E-state index contributed by atoms with van der Waals surface area (Å²) in [5.74, 6) is 6.82. The van der Waals surface area contributed by atoms with E-state index in [1.165, 1.54) is 29.3 Å². The molecule has 1 atom stereocenters. The van der Waals surface area contributed by atoms with E-state index in [0.717, 1.165) is 18.4 Å². The second-order valence-electron chi connectivity index (χ2n) is 5.94. The van der Waals surface area contributed by atoms with Crippen LogP contribution in [0.5, 0.6) is 0 Å². The minimum atomic E-state index is -0.0231. The van der Waals surface area contributed by atoms with Gasteiger partial charge in [-0.1, -0.05) is 49.5 Å². The molecule has 0 saturated heterocycles. The van der Waals surface area contributed by atoms with E-state index in [1.807, 2.05) is 19.1 Å². The topological polar surface area (TPSA) is 85.8 Å². The fourth-order valence-electron chi connectivity index (χ4n) is 2.39. The van der Waals surface area contributed by atoms with Crippen molar-refractivity contribution in [3.8, 4) is 11.4 Å². The van der Waals surface area contributed by atoms with Crippen LogP contribution in [0.25, 0.3) is 11.4 Å². The summed E-state index contributed by atoms with van der Waals surface area (Å²) in [6.07, 6.45) is 4.50. The maximum absolute atomic E-state index is 12.0. The molecule has 136 valence electrons. The maximum atomic E-state index is 12.0. The molecule has 1 aromatic heterocycles. The molecule has 0 spiro atoms. The van der Waals surface area contributed by atoms with Gasteiger partial charge in [-0.25, -0.2) is 4.68 Å². The molecule has 1 amide bonds. The molecule has 3 N–H and O–H groups in total. The Morgan fingerprint density at radius 3 is 2.72 bits per heavy atom. The Hall–Kier alpha value is -1.73. The van der Waals surface area contributed by atoms with Gasteiger partial charge in [-0.05, 0) is 37.6 Å². The van der Waals surface area contributed by atoms with Gasteiger partial charge in [-0.3, -0.25) is 4.79 Å². The average Bonchev–Trinajstić information content (AvgIpc) is 2.95. The van der Waals surface area contributed by atoms with Crippen LogP contribution in [-0.2, 0) is 4.79 Å². The molecule has 1 heterocycles. The Bertz CT molecular complexity index is 689. The predicted molar refractivity (Wildman–Crippen MR) is 103 cm³/mol. The number of benzene rings is 1. The highest BCUT2D eigenvalue weighted by Gasteiger charge is 2.14. The zero-order valence-electron chi connectivity index (χ0n) is 14.5. The Morgan fingerprint density at radius 2 is 2.04 bits per heavy atom. The molecule has 1 unspecified atom stereocenters. The van der Waals surface area contributed by atoms with Crippen LogP contribution in [0.3, 0.4) is 0 Å². The summed E-state index contributed by atoms with van der Waals surface area (Å²) in [7, 11) is 0. The smallest absolute Gasteiger partial charge is 0.230 e. The molecular formula is C17H24ClN5OS. The molecule has 1 aromatic carbocycles. The van der Waals surface area contributed by atoms with E-state index < -0.39 is 0 Å². The van der Waals surface area contributed by atoms with Crippen molar-refractivity contribution in [2.45, 2.75) is 50.7 Å². The van der Waals surface area contributed by atoms with Crippen LogP contribution < -0.4 is 11.2 Å². The molecule has 0 aliphatic rings. The first-order valence-corrected chi connectivity index (χ1v) is 9.76. The number of rotatable bonds is 9. The van der Waals surface area contributed by atoms with Crippen molar-refractivity contribution in [3.63, 3.8) is 0 Å². The van der Waals surface area contributed by atoms with Crippen molar-refractivity contribution >= 4 is 29.3 Å². The number of nitrogens with two attached hydrogens (primary N) is 1. The fourth-order valence-corrected chi connectivity index (χ4v) is 3.18. The van der Waals surface area contributed by atoms with Crippen LogP contribution in [0.4, 0.5) is 0 Å². The summed E-state index contributed by atoms with van der Waals surface area (Å²) in [5, 5.41) is 12.3. The van der Waals surface area contributed by atoms with E-state index in [4.69, 9.17) is 17.4 Å². The highest BCUT2D eigenvalue weighted by atomic mass is 35.5. The molecule has 6 nitrogen and oxygen atoms in total. The summed E-state index contributed by atoms with van der Waals surface area (Å²) < 4.78 is 1.39. The monoisotopic (exact) mass is 381 g/mol. The molecule has 0 aliphatic heterocycles. The summed E-state index contributed by atoms with van der Waals surface area (Å²) in [6, 6.07) is 7.38. The third kappa shape index (κ3) is 5.93.